The van der Waals surface area contributed by atoms with E-state index in [0.717, 1.165) is 6.26 Å². The van der Waals surface area contributed by atoms with Crippen molar-refractivity contribution in [3.05, 3.63) is 57.0 Å². The molecule has 0 atom stereocenters. The second kappa shape index (κ2) is 6.46. The fourth-order valence-electron chi connectivity index (χ4n) is 1.68. The Hall–Kier alpha value is -1.27. The molecule has 0 heterocycles. The van der Waals surface area contributed by atoms with Gasteiger partial charge in [0, 0.05) is 11.9 Å². The molecule has 0 unspecified atom stereocenters. The van der Waals surface area contributed by atoms with Gasteiger partial charge in [-0.05, 0) is 36.4 Å². The van der Waals surface area contributed by atoms with E-state index in [-0.39, 0.29) is 20.5 Å². The highest BCUT2D eigenvalue weighted by Gasteiger charge is 2.16. The lowest BCUT2D eigenvalue weighted by molar-refractivity contribution is 0.102. The average Bonchev–Trinajstić information content (AvgIpc) is 2.42. The van der Waals surface area contributed by atoms with Gasteiger partial charge in [0.2, 0.25) is 0 Å². The van der Waals surface area contributed by atoms with Crippen LogP contribution >= 0.6 is 34.8 Å². The molecule has 2 aromatic carbocycles. The minimum atomic E-state index is -3.44. The second-order valence-corrected chi connectivity index (χ2v) is 7.73. The number of carbonyl (C=O) groups excluding carboxylic acids is 1. The van der Waals surface area contributed by atoms with Gasteiger partial charge in [0.25, 0.3) is 5.91 Å². The summed E-state index contributed by atoms with van der Waals surface area (Å²) in [6.45, 7) is 0. The summed E-state index contributed by atoms with van der Waals surface area (Å²) in [4.78, 5) is 12.3. The van der Waals surface area contributed by atoms with E-state index in [4.69, 9.17) is 34.8 Å². The quantitative estimate of drug-likeness (QED) is 0.866. The molecule has 22 heavy (non-hydrogen) atoms. The van der Waals surface area contributed by atoms with Gasteiger partial charge < -0.3 is 5.32 Å². The van der Waals surface area contributed by atoms with Crippen LogP contribution in [0, 0.1) is 0 Å². The predicted octanol–water partition coefficient (Wildman–Crippen LogP) is 4.30. The van der Waals surface area contributed by atoms with Crippen LogP contribution in [0.2, 0.25) is 15.1 Å². The maximum Gasteiger partial charge on any atom is 0.257 e. The van der Waals surface area contributed by atoms with Crippen LogP contribution in [0.15, 0.2) is 41.3 Å². The molecule has 1 N–H and O–H groups in total. The highest BCUT2D eigenvalue weighted by atomic mass is 35.5. The Bertz CT molecular complexity index is 850. The van der Waals surface area contributed by atoms with Gasteiger partial charge in [-0.15, -0.1) is 0 Å². The third-order valence-electron chi connectivity index (χ3n) is 2.79. The molecule has 2 rings (SSSR count). The summed E-state index contributed by atoms with van der Waals surface area (Å²) in [6, 6.07) is 8.52. The zero-order valence-electron chi connectivity index (χ0n) is 11.2. The minimum absolute atomic E-state index is 0.0104. The Kier molecular flexibility index (Phi) is 5.02. The van der Waals surface area contributed by atoms with Crippen LogP contribution in [0.1, 0.15) is 10.4 Å². The van der Waals surface area contributed by atoms with Crippen molar-refractivity contribution in [1.82, 2.24) is 0 Å². The van der Waals surface area contributed by atoms with Crippen LogP contribution in [-0.2, 0) is 9.84 Å². The van der Waals surface area contributed by atoms with E-state index in [1.807, 2.05) is 0 Å². The molecule has 0 spiro atoms. The van der Waals surface area contributed by atoms with Gasteiger partial charge in [-0.25, -0.2) is 8.42 Å². The fourth-order valence-corrected chi connectivity index (χ4v) is 2.83. The number of anilines is 1. The number of carbonyl (C=O) groups is 1. The molecule has 0 bridgehead atoms. The lowest BCUT2D eigenvalue weighted by Gasteiger charge is -2.09. The predicted molar refractivity (Wildman–Crippen MR) is 89.0 cm³/mol. The van der Waals surface area contributed by atoms with E-state index < -0.39 is 15.7 Å². The molecule has 0 saturated carbocycles. The molecule has 1 amide bonds. The van der Waals surface area contributed by atoms with Crippen molar-refractivity contribution in [2.45, 2.75) is 4.90 Å². The molecular weight excluding hydrogens is 369 g/mol. The van der Waals surface area contributed by atoms with Crippen LogP contribution in [0.25, 0.3) is 0 Å². The first-order valence-electron chi connectivity index (χ1n) is 5.94. The van der Waals surface area contributed by atoms with E-state index >= 15 is 0 Å². The van der Waals surface area contributed by atoms with Gasteiger partial charge in [0.1, 0.15) is 0 Å². The highest BCUT2D eigenvalue weighted by Crippen LogP contribution is 2.26. The van der Waals surface area contributed by atoms with E-state index in [2.05, 4.69) is 5.32 Å². The van der Waals surface area contributed by atoms with Crippen LogP contribution in [0.3, 0.4) is 0 Å². The number of sulfone groups is 1. The van der Waals surface area contributed by atoms with Crippen LogP contribution in [0.4, 0.5) is 5.69 Å². The molecule has 0 aliphatic carbocycles. The fraction of sp³-hybridized carbons (Fsp3) is 0.0714. The van der Waals surface area contributed by atoms with Crippen molar-refractivity contribution in [2.75, 3.05) is 11.6 Å². The summed E-state index contributed by atoms with van der Waals surface area (Å²) in [7, 11) is -3.44. The number of nitrogens with one attached hydrogen (secondary N) is 1. The van der Waals surface area contributed by atoms with E-state index in [1.165, 1.54) is 30.3 Å². The van der Waals surface area contributed by atoms with Gasteiger partial charge in [-0.2, -0.15) is 0 Å². The number of halogens is 3. The first-order chi connectivity index (χ1) is 10.2. The second-order valence-electron chi connectivity index (χ2n) is 4.50. The molecule has 0 aliphatic rings. The van der Waals surface area contributed by atoms with Crippen molar-refractivity contribution in [2.24, 2.45) is 0 Å². The number of amides is 1. The first-order valence-corrected chi connectivity index (χ1v) is 8.97. The lowest BCUT2D eigenvalue weighted by atomic mass is 10.2. The first kappa shape index (κ1) is 17.1. The van der Waals surface area contributed by atoms with Crippen molar-refractivity contribution in [1.29, 1.82) is 0 Å². The summed E-state index contributed by atoms with van der Waals surface area (Å²) >= 11 is 17.6. The Morgan fingerprint density at radius 3 is 2.18 bits per heavy atom. The number of rotatable bonds is 3. The highest BCUT2D eigenvalue weighted by molar-refractivity contribution is 7.90. The van der Waals surface area contributed by atoms with Gasteiger partial charge in [0.15, 0.2) is 9.84 Å². The summed E-state index contributed by atoms with van der Waals surface area (Å²) in [5.74, 6) is -0.547. The summed E-state index contributed by atoms with van der Waals surface area (Å²) < 4.78 is 23.1. The molecule has 116 valence electrons. The van der Waals surface area contributed by atoms with Crippen LogP contribution in [-0.4, -0.2) is 20.6 Å². The molecule has 0 fully saturated rings. The summed E-state index contributed by atoms with van der Waals surface area (Å²) in [5.41, 5.74) is 0.468. The van der Waals surface area contributed by atoms with Gasteiger partial charge in [-0.1, -0.05) is 34.8 Å². The maximum atomic E-state index is 12.2. The largest absolute Gasteiger partial charge is 0.322 e. The average molecular weight is 379 g/mol. The maximum absolute atomic E-state index is 12.2. The van der Waals surface area contributed by atoms with Crippen molar-refractivity contribution < 1.29 is 13.2 Å². The zero-order valence-corrected chi connectivity index (χ0v) is 14.3. The third kappa shape index (κ3) is 3.93. The Labute approximate surface area is 142 Å². The smallest absolute Gasteiger partial charge is 0.257 e. The number of benzene rings is 2. The molecule has 0 aliphatic heterocycles. The molecule has 8 heteroatoms. The van der Waals surface area contributed by atoms with Crippen molar-refractivity contribution >= 4 is 56.2 Å². The molecular formula is C14H10Cl3NO3S. The Balaban J connectivity index is 2.35. The topological polar surface area (TPSA) is 63.2 Å². The van der Waals surface area contributed by atoms with Gasteiger partial charge in [0.05, 0.1) is 25.5 Å². The van der Waals surface area contributed by atoms with E-state index in [1.54, 1.807) is 6.07 Å². The van der Waals surface area contributed by atoms with Crippen molar-refractivity contribution in [3.8, 4) is 0 Å². The SMILES string of the molecule is CS(=O)(=O)c1ccc(Cl)c(C(=O)Nc2ccc(Cl)c(Cl)c2)c1. The minimum Gasteiger partial charge on any atom is -0.322 e. The van der Waals surface area contributed by atoms with Crippen molar-refractivity contribution in [3.63, 3.8) is 0 Å². The van der Waals surface area contributed by atoms with E-state index in [0.29, 0.717) is 10.7 Å². The van der Waals surface area contributed by atoms with Crippen LogP contribution < -0.4 is 5.32 Å². The number of hydrogen-bond acceptors (Lipinski definition) is 3. The normalized spacial score (nSPS) is 11.3. The van der Waals surface area contributed by atoms with Crippen LogP contribution in [0.5, 0.6) is 0 Å². The molecule has 4 nitrogen and oxygen atoms in total. The molecule has 2 aromatic rings. The van der Waals surface area contributed by atoms with E-state index in [9.17, 15) is 13.2 Å². The number of hydrogen-bond donors (Lipinski definition) is 1. The summed E-state index contributed by atoms with van der Waals surface area (Å²) in [6.07, 6.45) is 1.05. The molecule has 0 saturated heterocycles. The van der Waals surface area contributed by atoms with Gasteiger partial charge >= 0.3 is 0 Å². The standard InChI is InChI=1S/C14H10Cl3NO3S/c1-22(20,21)9-3-5-11(15)10(7-9)14(19)18-8-2-4-12(16)13(17)6-8/h2-7H,1H3,(H,18,19). The Morgan fingerprint density at radius 2 is 1.59 bits per heavy atom. The Morgan fingerprint density at radius 1 is 0.955 bits per heavy atom. The lowest BCUT2D eigenvalue weighted by Crippen LogP contribution is -2.13. The molecule has 0 radical (unpaired) electrons. The molecule has 0 aromatic heterocycles. The monoisotopic (exact) mass is 377 g/mol. The van der Waals surface area contributed by atoms with Gasteiger partial charge in [-0.3, -0.25) is 4.79 Å². The summed E-state index contributed by atoms with van der Waals surface area (Å²) in [5, 5.41) is 3.37. The zero-order chi connectivity index (χ0) is 16.5. The third-order valence-corrected chi connectivity index (χ3v) is 4.97.